The van der Waals surface area contributed by atoms with E-state index in [0.29, 0.717) is 35.2 Å². The molecule has 5 aliphatic rings. The standard InChI is InChI=1S/C29H48N2O2/c1-19-14-28-27(31(17-19)13-12-30-4)7-5-6-23-24-9-8-21-15-22(32)10-11-29(21,3)26(24)16-25(23)20(2)18-33-28/h19,21,23-24,26-28,30H,5-18H2,1-4H3. The van der Waals surface area contributed by atoms with E-state index in [1.54, 1.807) is 11.1 Å². The highest BCUT2D eigenvalue weighted by Gasteiger charge is 2.55. The molecule has 2 aliphatic heterocycles. The van der Waals surface area contributed by atoms with Gasteiger partial charge < -0.3 is 10.1 Å². The minimum atomic E-state index is 0.380. The number of hydrogen-bond acceptors (Lipinski definition) is 4. The molecule has 1 saturated heterocycles. The molecule has 0 aromatic heterocycles. The molecule has 33 heavy (non-hydrogen) atoms. The lowest BCUT2D eigenvalue weighted by Crippen LogP contribution is -2.53. The highest BCUT2D eigenvalue weighted by Crippen LogP contribution is 2.63. The Labute approximate surface area is 202 Å². The van der Waals surface area contributed by atoms with E-state index in [-0.39, 0.29) is 0 Å². The molecular weight excluding hydrogens is 408 g/mol. The SMILES string of the molecule is CNCCN1CC(C)CC2OCC(C)=C3CC4C(CCC5CC(=O)CCC54C)C3CCCC21. The molecule has 0 spiro atoms. The monoisotopic (exact) mass is 456 g/mol. The summed E-state index contributed by atoms with van der Waals surface area (Å²) in [5.74, 6) is 4.26. The minimum Gasteiger partial charge on any atom is -0.372 e. The van der Waals surface area contributed by atoms with Gasteiger partial charge in [-0.3, -0.25) is 9.69 Å². The second-order valence-corrected chi connectivity index (χ2v) is 12.7. The van der Waals surface area contributed by atoms with Gasteiger partial charge in [0.2, 0.25) is 0 Å². The summed E-state index contributed by atoms with van der Waals surface area (Å²) in [6, 6.07) is 0.582. The fraction of sp³-hybridized carbons (Fsp3) is 0.897. The Kier molecular flexibility index (Phi) is 7.09. The predicted molar refractivity (Wildman–Crippen MR) is 134 cm³/mol. The maximum Gasteiger partial charge on any atom is 0.133 e. The van der Waals surface area contributed by atoms with E-state index in [2.05, 4.69) is 38.0 Å². The van der Waals surface area contributed by atoms with Crippen LogP contribution in [0.2, 0.25) is 0 Å². The number of ketones is 1. The molecule has 0 aromatic carbocycles. The van der Waals surface area contributed by atoms with Crippen molar-refractivity contribution in [1.29, 1.82) is 0 Å². The largest absolute Gasteiger partial charge is 0.372 e. The van der Waals surface area contributed by atoms with Crippen molar-refractivity contribution in [1.82, 2.24) is 10.2 Å². The normalized spacial score (nSPS) is 44.6. The lowest BCUT2D eigenvalue weighted by molar-refractivity contribution is -0.129. The van der Waals surface area contributed by atoms with E-state index in [4.69, 9.17) is 4.74 Å². The first kappa shape index (κ1) is 24.0. The highest BCUT2D eigenvalue weighted by atomic mass is 16.5. The van der Waals surface area contributed by atoms with Crippen LogP contribution in [-0.2, 0) is 9.53 Å². The fourth-order valence-electron chi connectivity index (χ4n) is 8.95. The van der Waals surface area contributed by atoms with Crippen LogP contribution in [-0.4, -0.2) is 56.1 Å². The minimum absolute atomic E-state index is 0.380. The quantitative estimate of drug-likeness (QED) is 0.591. The third-order valence-corrected chi connectivity index (χ3v) is 10.8. The van der Waals surface area contributed by atoms with Crippen LogP contribution < -0.4 is 5.32 Å². The van der Waals surface area contributed by atoms with E-state index in [1.807, 2.05) is 0 Å². The van der Waals surface area contributed by atoms with Crippen LogP contribution in [0.4, 0.5) is 0 Å². The number of piperidine rings is 1. The number of rotatable bonds is 3. The molecule has 2 heterocycles. The van der Waals surface area contributed by atoms with Crippen molar-refractivity contribution >= 4 is 5.78 Å². The Bertz CT molecular complexity index is 763. The first-order chi connectivity index (χ1) is 15.9. The molecule has 0 bridgehead atoms. The molecule has 4 fully saturated rings. The average molecular weight is 457 g/mol. The maximum absolute atomic E-state index is 12.2. The van der Waals surface area contributed by atoms with Gasteiger partial charge in [0, 0.05) is 38.5 Å². The number of ether oxygens (including phenoxy) is 1. The van der Waals surface area contributed by atoms with Gasteiger partial charge in [0.25, 0.3) is 0 Å². The van der Waals surface area contributed by atoms with Gasteiger partial charge in [-0.15, -0.1) is 0 Å². The Morgan fingerprint density at radius 3 is 2.85 bits per heavy atom. The van der Waals surface area contributed by atoms with Crippen LogP contribution in [0.3, 0.4) is 0 Å². The molecule has 4 heteroatoms. The molecule has 8 unspecified atom stereocenters. The average Bonchev–Trinajstić information content (AvgIpc) is 3.17. The summed E-state index contributed by atoms with van der Waals surface area (Å²) >= 11 is 0. The Morgan fingerprint density at radius 1 is 1.18 bits per heavy atom. The molecule has 4 nitrogen and oxygen atoms in total. The zero-order valence-corrected chi connectivity index (χ0v) is 21.7. The van der Waals surface area contributed by atoms with Crippen molar-refractivity contribution < 1.29 is 9.53 Å². The molecule has 186 valence electrons. The van der Waals surface area contributed by atoms with Crippen LogP contribution in [0.1, 0.15) is 85.0 Å². The van der Waals surface area contributed by atoms with Crippen molar-refractivity contribution in [2.24, 2.45) is 35.0 Å². The smallest absolute Gasteiger partial charge is 0.133 e. The molecular formula is C29H48N2O2. The van der Waals surface area contributed by atoms with Crippen molar-refractivity contribution in [2.45, 2.75) is 97.1 Å². The van der Waals surface area contributed by atoms with Gasteiger partial charge in [-0.1, -0.05) is 25.8 Å². The van der Waals surface area contributed by atoms with Crippen molar-refractivity contribution in [3.63, 3.8) is 0 Å². The van der Waals surface area contributed by atoms with Crippen molar-refractivity contribution in [3.8, 4) is 0 Å². The summed E-state index contributed by atoms with van der Waals surface area (Å²) in [6.45, 7) is 11.6. The van der Waals surface area contributed by atoms with Crippen LogP contribution >= 0.6 is 0 Å². The zero-order chi connectivity index (χ0) is 23.2. The van der Waals surface area contributed by atoms with E-state index in [1.165, 1.54) is 51.5 Å². The number of Topliss-reactive ketones (excluding diaryl/α,β-unsaturated/α-hetero) is 1. The maximum atomic E-state index is 12.2. The number of nitrogens with zero attached hydrogens (tertiary/aromatic N) is 1. The van der Waals surface area contributed by atoms with E-state index in [9.17, 15) is 4.79 Å². The molecule has 3 saturated carbocycles. The number of carbonyl (C=O) groups is 1. The van der Waals surface area contributed by atoms with Gasteiger partial charge in [0.05, 0.1) is 12.7 Å². The lowest BCUT2D eigenvalue weighted by atomic mass is 9.52. The molecule has 8 atom stereocenters. The van der Waals surface area contributed by atoms with Gasteiger partial charge in [0.15, 0.2) is 0 Å². The van der Waals surface area contributed by atoms with Crippen LogP contribution in [0.25, 0.3) is 0 Å². The number of nitrogens with one attached hydrogen (secondary N) is 1. The number of likely N-dealkylation sites (tertiary alicyclic amines) is 1. The van der Waals surface area contributed by atoms with Crippen molar-refractivity contribution in [2.75, 3.05) is 33.3 Å². The lowest BCUT2D eigenvalue weighted by Gasteiger charge is -2.52. The Balaban J connectivity index is 1.37. The molecule has 5 rings (SSSR count). The van der Waals surface area contributed by atoms with Crippen LogP contribution in [0.5, 0.6) is 0 Å². The van der Waals surface area contributed by atoms with Gasteiger partial charge in [-0.05, 0) is 99.5 Å². The van der Waals surface area contributed by atoms with Crippen LogP contribution in [0.15, 0.2) is 11.1 Å². The van der Waals surface area contributed by atoms with E-state index >= 15 is 0 Å². The first-order valence-electron chi connectivity index (χ1n) is 14.1. The summed E-state index contributed by atoms with van der Waals surface area (Å²) in [7, 11) is 2.07. The third kappa shape index (κ3) is 4.49. The highest BCUT2D eigenvalue weighted by molar-refractivity contribution is 5.79. The summed E-state index contributed by atoms with van der Waals surface area (Å²) in [6.07, 6.45) is 12.3. The zero-order valence-electron chi connectivity index (χ0n) is 21.7. The third-order valence-electron chi connectivity index (χ3n) is 10.8. The number of likely N-dealkylation sites (N-methyl/N-ethyl adjacent to an activating group) is 1. The topological polar surface area (TPSA) is 41.6 Å². The van der Waals surface area contributed by atoms with Gasteiger partial charge >= 0.3 is 0 Å². The fourth-order valence-corrected chi connectivity index (χ4v) is 8.95. The molecule has 1 N–H and O–H groups in total. The summed E-state index contributed by atoms with van der Waals surface area (Å²) in [5.41, 5.74) is 3.69. The van der Waals surface area contributed by atoms with Gasteiger partial charge in [0.1, 0.15) is 5.78 Å². The first-order valence-corrected chi connectivity index (χ1v) is 14.1. The Morgan fingerprint density at radius 2 is 2.03 bits per heavy atom. The van der Waals surface area contributed by atoms with Crippen LogP contribution in [0, 0.1) is 35.0 Å². The summed E-state index contributed by atoms with van der Waals surface area (Å²) in [4.78, 5) is 15.0. The van der Waals surface area contributed by atoms with E-state index in [0.717, 1.165) is 56.7 Å². The van der Waals surface area contributed by atoms with E-state index < -0.39 is 0 Å². The number of hydrogen-bond donors (Lipinski definition) is 1. The van der Waals surface area contributed by atoms with Gasteiger partial charge in [-0.2, -0.15) is 0 Å². The number of fused-ring (bicyclic) bond motifs is 6. The molecule has 0 radical (unpaired) electrons. The second-order valence-electron chi connectivity index (χ2n) is 12.7. The summed E-state index contributed by atoms with van der Waals surface area (Å²) in [5, 5.41) is 3.36. The second kappa shape index (κ2) is 9.74. The molecule has 0 aromatic rings. The predicted octanol–water partition coefficient (Wildman–Crippen LogP) is 5.22. The molecule has 3 aliphatic carbocycles. The molecule has 0 amide bonds. The summed E-state index contributed by atoms with van der Waals surface area (Å²) < 4.78 is 6.76. The van der Waals surface area contributed by atoms with Gasteiger partial charge in [-0.25, -0.2) is 0 Å². The number of allylic oxidation sites excluding steroid dienone is 1. The van der Waals surface area contributed by atoms with Crippen molar-refractivity contribution in [3.05, 3.63) is 11.1 Å². The number of carbonyl (C=O) groups excluding carboxylic acids is 1. The Hall–Kier alpha value is -0.710.